The highest BCUT2D eigenvalue weighted by molar-refractivity contribution is 6.17. The van der Waals surface area contributed by atoms with E-state index in [9.17, 15) is 5.26 Å². The minimum atomic E-state index is 0.570. The second-order valence-corrected chi connectivity index (χ2v) is 13.9. The van der Waals surface area contributed by atoms with E-state index in [-0.39, 0.29) is 0 Å². The van der Waals surface area contributed by atoms with Crippen LogP contribution in [0.5, 0.6) is 0 Å². The molecule has 0 saturated heterocycles. The molecule has 0 spiro atoms. The van der Waals surface area contributed by atoms with E-state index in [1.165, 1.54) is 32.6 Å². The van der Waals surface area contributed by atoms with E-state index in [4.69, 9.17) is 6.57 Å². The number of nitriles is 1. The molecule has 55 heavy (non-hydrogen) atoms. The second-order valence-electron chi connectivity index (χ2n) is 13.9. The van der Waals surface area contributed by atoms with Crippen molar-refractivity contribution in [3.63, 3.8) is 0 Å². The zero-order valence-electron chi connectivity index (χ0n) is 29.5. The van der Waals surface area contributed by atoms with Crippen LogP contribution in [0.4, 0.5) is 5.69 Å². The average Bonchev–Trinajstić information content (AvgIpc) is 3.89. The summed E-state index contributed by atoms with van der Waals surface area (Å²) in [5, 5.41) is 17.4. The predicted molar refractivity (Wildman–Crippen MR) is 226 cm³/mol. The molecule has 11 aromatic rings. The van der Waals surface area contributed by atoms with Gasteiger partial charge in [-0.1, -0.05) is 103 Å². The molecule has 8 aromatic carbocycles. The summed E-state index contributed by atoms with van der Waals surface area (Å²) < 4.78 is 6.86. The predicted octanol–water partition coefficient (Wildman–Crippen LogP) is 13.1. The normalized spacial score (nSPS) is 11.6. The van der Waals surface area contributed by atoms with Gasteiger partial charge in [0.15, 0.2) is 5.69 Å². The first-order valence-electron chi connectivity index (χ1n) is 18.3. The highest BCUT2D eigenvalue weighted by atomic mass is 15.0. The molecule has 11 rings (SSSR count). The Morgan fingerprint density at radius 2 is 0.927 bits per heavy atom. The smallest absolute Gasteiger partial charge is 0.188 e. The largest absolute Gasteiger partial charge is 0.309 e. The first kappa shape index (κ1) is 30.7. The van der Waals surface area contributed by atoms with Gasteiger partial charge in [-0.2, -0.15) is 5.26 Å². The Bertz CT molecular complexity index is 3350. The van der Waals surface area contributed by atoms with Crippen molar-refractivity contribution in [1.29, 1.82) is 5.26 Å². The standard InChI is InChI=1S/C50H29N5/c1-52-35-25-28-46-41(30-35)50-47(54-44-17-8-4-13-39(44)40-14-5-9-18-45(40)54)19-10-20-48(50)55(46)49-29-33(21-22-34(49)31-51)32-23-26-36(27-24-32)53-42-15-6-2-11-37(42)38-12-3-7-16-43(38)53/h2-30H. The Balaban J connectivity index is 1.13. The van der Waals surface area contributed by atoms with Crippen LogP contribution in [0, 0.1) is 17.9 Å². The van der Waals surface area contributed by atoms with Crippen molar-refractivity contribution in [1.82, 2.24) is 13.7 Å². The first-order chi connectivity index (χ1) is 27.2. The molecule has 5 nitrogen and oxygen atoms in total. The maximum atomic E-state index is 10.6. The molecule has 0 N–H and O–H groups in total. The maximum Gasteiger partial charge on any atom is 0.188 e. The molecule has 0 atom stereocenters. The van der Waals surface area contributed by atoms with Crippen molar-refractivity contribution in [2.45, 2.75) is 0 Å². The number of nitrogens with zero attached hydrogens (tertiary/aromatic N) is 5. The van der Waals surface area contributed by atoms with Gasteiger partial charge in [0.05, 0.1) is 56.6 Å². The van der Waals surface area contributed by atoms with Crippen LogP contribution in [0.3, 0.4) is 0 Å². The fourth-order valence-electron chi connectivity index (χ4n) is 8.73. The summed E-state index contributed by atoms with van der Waals surface area (Å²) in [6.45, 7) is 7.90. The quantitative estimate of drug-likeness (QED) is 0.169. The Morgan fingerprint density at radius 3 is 1.51 bits per heavy atom. The molecular formula is C50H29N5. The zero-order valence-corrected chi connectivity index (χ0v) is 29.5. The van der Waals surface area contributed by atoms with Gasteiger partial charge >= 0.3 is 0 Å². The lowest BCUT2D eigenvalue weighted by atomic mass is 10.0. The maximum absolute atomic E-state index is 10.6. The van der Waals surface area contributed by atoms with Crippen molar-refractivity contribution in [2.75, 3.05) is 0 Å². The number of para-hydroxylation sites is 4. The van der Waals surface area contributed by atoms with Crippen LogP contribution in [0.2, 0.25) is 0 Å². The van der Waals surface area contributed by atoms with Gasteiger partial charge in [0, 0.05) is 32.6 Å². The number of hydrogen-bond acceptors (Lipinski definition) is 1. The molecule has 5 heteroatoms. The van der Waals surface area contributed by atoms with Crippen LogP contribution >= 0.6 is 0 Å². The van der Waals surface area contributed by atoms with E-state index in [0.29, 0.717) is 11.3 Å². The topological polar surface area (TPSA) is 42.9 Å². The monoisotopic (exact) mass is 699 g/mol. The second kappa shape index (κ2) is 11.8. The molecular weight excluding hydrogens is 671 g/mol. The summed E-state index contributed by atoms with van der Waals surface area (Å²) in [4.78, 5) is 3.83. The highest BCUT2D eigenvalue weighted by Crippen LogP contribution is 2.42. The van der Waals surface area contributed by atoms with E-state index in [2.05, 4.69) is 170 Å². The third-order valence-electron chi connectivity index (χ3n) is 11.1. The average molecular weight is 700 g/mol. The molecule has 254 valence electrons. The van der Waals surface area contributed by atoms with Gasteiger partial charge in [0.25, 0.3) is 0 Å². The summed E-state index contributed by atoms with van der Waals surface area (Å²) >= 11 is 0. The van der Waals surface area contributed by atoms with Crippen molar-refractivity contribution < 1.29 is 0 Å². The van der Waals surface area contributed by atoms with Gasteiger partial charge in [0.1, 0.15) is 6.07 Å². The van der Waals surface area contributed by atoms with Gasteiger partial charge in [-0.3, -0.25) is 0 Å². The lowest BCUT2D eigenvalue weighted by molar-refractivity contribution is 1.16. The Labute approximate surface area is 316 Å². The molecule has 0 radical (unpaired) electrons. The summed E-state index contributed by atoms with van der Waals surface area (Å²) in [6, 6.07) is 63.6. The molecule has 0 fully saturated rings. The zero-order chi connectivity index (χ0) is 36.6. The number of benzene rings is 8. The third-order valence-corrected chi connectivity index (χ3v) is 11.1. The summed E-state index contributed by atoms with van der Waals surface area (Å²) in [7, 11) is 0. The molecule has 3 aromatic heterocycles. The van der Waals surface area contributed by atoms with Gasteiger partial charge in [-0.25, -0.2) is 4.85 Å². The number of hydrogen-bond donors (Lipinski definition) is 0. The molecule has 0 bridgehead atoms. The number of fused-ring (bicyclic) bond motifs is 9. The van der Waals surface area contributed by atoms with Crippen LogP contribution in [0.1, 0.15) is 5.56 Å². The fourth-order valence-corrected chi connectivity index (χ4v) is 8.73. The number of aromatic nitrogens is 3. The SMILES string of the molecule is [C-]#[N+]c1ccc2c(c1)c1c(-n3c4ccccc4c4ccccc43)cccc1n2-c1cc(-c2ccc(-n3c4ccccc4c4ccccc43)cc2)ccc1C#N. The molecule has 0 saturated carbocycles. The summed E-state index contributed by atoms with van der Waals surface area (Å²) in [5.41, 5.74) is 12.6. The van der Waals surface area contributed by atoms with Crippen LogP contribution < -0.4 is 0 Å². The van der Waals surface area contributed by atoms with Crippen molar-refractivity contribution >= 4 is 71.1 Å². The molecule has 0 aliphatic heterocycles. The molecule has 0 unspecified atom stereocenters. The summed E-state index contributed by atoms with van der Waals surface area (Å²) in [6.07, 6.45) is 0. The molecule has 0 aliphatic carbocycles. The van der Waals surface area contributed by atoms with Crippen molar-refractivity contribution in [3.05, 3.63) is 193 Å². The lowest BCUT2D eigenvalue weighted by Crippen LogP contribution is -1.99. The molecule has 3 heterocycles. The van der Waals surface area contributed by atoms with E-state index in [1.807, 2.05) is 30.3 Å². The minimum absolute atomic E-state index is 0.570. The van der Waals surface area contributed by atoms with E-state index in [0.717, 1.165) is 61.0 Å². The minimum Gasteiger partial charge on any atom is -0.309 e. The van der Waals surface area contributed by atoms with E-state index < -0.39 is 0 Å². The van der Waals surface area contributed by atoms with Crippen molar-refractivity contribution in [3.8, 4) is 34.3 Å². The van der Waals surface area contributed by atoms with Crippen LogP contribution in [0.25, 0.3) is 98.5 Å². The van der Waals surface area contributed by atoms with E-state index in [1.54, 1.807) is 0 Å². The lowest BCUT2D eigenvalue weighted by Gasteiger charge is -2.14. The highest BCUT2D eigenvalue weighted by Gasteiger charge is 2.21. The van der Waals surface area contributed by atoms with Gasteiger partial charge in [-0.15, -0.1) is 0 Å². The number of rotatable bonds is 4. The first-order valence-corrected chi connectivity index (χ1v) is 18.3. The Morgan fingerprint density at radius 1 is 0.418 bits per heavy atom. The third kappa shape index (κ3) is 4.45. The molecule has 0 amide bonds. The van der Waals surface area contributed by atoms with Gasteiger partial charge in [0.2, 0.25) is 0 Å². The van der Waals surface area contributed by atoms with Crippen LogP contribution in [-0.4, -0.2) is 13.7 Å². The van der Waals surface area contributed by atoms with E-state index >= 15 is 0 Å². The van der Waals surface area contributed by atoms with Crippen molar-refractivity contribution in [2.24, 2.45) is 0 Å². The fraction of sp³-hybridized carbons (Fsp3) is 0. The summed E-state index contributed by atoms with van der Waals surface area (Å²) in [5.74, 6) is 0. The van der Waals surface area contributed by atoms with Crippen LogP contribution in [-0.2, 0) is 0 Å². The van der Waals surface area contributed by atoms with Crippen LogP contribution in [0.15, 0.2) is 176 Å². The Kier molecular flexibility index (Phi) is 6.61. The van der Waals surface area contributed by atoms with Gasteiger partial charge < -0.3 is 13.7 Å². The Hall–Kier alpha value is -7.86. The molecule has 0 aliphatic rings. The van der Waals surface area contributed by atoms with Gasteiger partial charge in [-0.05, 0) is 89.3 Å².